The first-order valence-electron chi connectivity index (χ1n) is 12.2. The van der Waals surface area contributed by atoms with E-state index in [2.05, 4.69) is 53.3 Å². The van der Waals surface area contributed by atoms with Crippen molar-refractivity contribution in [3.63, 3.8) is 0 Å². The SMILES string of the molecule is CN(Cc1cccc(OC[C@H]2CCCN(C(=O)c3ccco3)C2)c1)Cc1ccc2ncccc2c1. The Balaban J connectivity index is 1.14. The number of ether oxygens (including phenoxy) is 1. The first-order valence-corrected chi connectivity index (χ1v) is 12.2. The summed E-state index contributed by atoms with van der Waals surface area (Å²) in [5, 5.41) is 1.17. The van der Waals surface area contributed by atoms with Crippen LogP contribution in [-0.2, 0) is 13.1 Å². The Hall–Kier alpha value is -3.64. The summed E-state index contributed by atoms with van der Waals surface area (Å²) >= 11 is 0. The van der Waals surface area contributed by atoms with Crippen LogP contribution in [-0.4, -0.2) is 47.4 Å². The normalized spacial score (nSPS) is 16.1. The number of pyridine rings is 1. The topological polar surface area (TPSA) is 58.8 Å². The van der Waals surface area contributed by atoms with Crippen LogP contribution in [0, 0.1) is 5.92 Å². The average molecular weight is 470 g/mol. The van der Waals surface area contributed by atoms with Crippen LogP contribution >= 0.6 is 0 Å². The van der Waals surface area contributed by atoms with Crippen molar-refractivity contribution in [3.05, 3.63) is 96.1 Å². The Kier molecular flexibility index (Phi) is 7.09. The molecule has 1 atom stereocenters. The fourth-order valence-electron chi connectivity index (χ4n) is 4.79. The van der Waals surface area contributed by atoms with Crippen LogP contribution in [0.15, 0.2) is 83.6 Å². The molecule has 1 amide bonds. The van der Waals surface area contributed by atoms with E-state index in [1.54, 1.807) is 18.4 Å². The zero-order valence-electron chi connectivity index (χ0n) is 20.1. The molecule has 0 spiro atoms. The molecule has 1 aliphatic heterocycles. The minimum atomic E-state index is -0.0348. The molecule has 6 nitrogen and oxygen atoms in total. The minimum absolute atomic E-state index is 0.0348. The lowest BCUT2D eigenvalue weighted by molar-refractivity contribution is 0.0602. The molecule has 0 radical (unpaired) electrons. The maximum atomic E-state index is 12.6. The number of aromatic nitrogens is 1. The molecule has 4 aromatic rings. The van der Waals surface area contributed by atoms with Gasteiger partial charge in [0, 0.05) is 43.7 Å². The first kappa shape index (κ1) is 23.1. The number of piperidine rings is 1. The number of carbonyl (C=O) groups is 1. The van der Waals surface area contributed by atoms with Crippen molar-refractivity contribution < 1.29 is 13.9 Å². The van der Waals surface area contributed by atoms with Crippen LogP contribution in [0.3, 0.4) is 0 Å². The highest BCUT2D eigenvalue weighted by atomic mass is 16.5. The fourth-order valence-corrected chi connectivity index (χ4v) is 4.79. The minimum Gasteiger partial charge on any atom is -0.493 e. The molecule has 6 heteroatoms. The van der Waals surface area contributed by atoms with E-state index in [1.165, 1.54) is 16.5 Å². The highest BCUT2D eigenvalue weighted by Gasteiger charge is 2.26. The van der Waals surface area contributed by atoms with Gasteiger partial charge in [0.15, 0.2) is 5.76 Å². The maximum absolute atomic E-state index is 12.6. The zero-order chi connectivity index (χ0) is 24.0. The van der Waals surface area contributed by atoms with Crippen LogP contribution in [0.4, 0.5) is 0 Å². The van der Waals surface area contributed by atoms with E-state index < -0.39 is 0 Å². The van der Waals surface area contributed by atoms with E-state index >= 15 is 0 Å². The quantitative estimate of drug-likeness (QED) is 0.346. The lowest BCUT2D eigenvalue weighted by Crippen LogP contribution is -2.41. The van der Waals surface area contributed by atoms with Crippen LogP contribution in [0.1, 0.15) is 34.5 Å². The Morgan fingerprint density at radius 1 is 1.09 bits per heavy atom. The molecular weight excluding hydrogens is 438 g/mol. The van der Waals surface area contributed by atoms with Gasteiger partial charge in [-0.1, -0.05) is 24.3 Å². The third-order valence-corrected chi connectivity index (χ3v) is 6.49. The van der Waals surface area contributed by atoms with Gasteiger partial charge in [0.2, 0.25) is 0 Å². The zero-order valence-corrected chi connectivity index (χ0v) is 20.1. The van der Waals surface area contributed by atoms with E-state index in [1.807, 2.05) is 29.3 Å². The van der Waals surface area contributed by atoms with Crippen molar-refractivity contribution in [1.29, 1.82) is 0 Å². The predicted molar refractivity (Wildman–Crippen MR) is 136 cm³/mol. The van der Waals surface area contributed by atoms with Crippen molar-refractivity contribution in [2.45, 2.75) is 25.9 Å². The van der Waals surface area contributed by atoms with Crippen LogP contribution in [0.5, 0.6) is 5.75 Å². The number of nitrogens with zero attached hydrogens (tertiary/aromatic N) is 3. The van der Waals surface area contributed by atoms with Gasteiger partial charge in [-0.05, 0) is 73.5 Å². The Morgan fingerprint density at radius 3 is 2.83 bits per heavy atom. The van der Waals surface area contributed by atoms with E-state index in [9.17, 15) is 4.79 Å². The third kappa shape index (κ3) is 5.89. The van der Waals surface area contributed by atoms with E-state index in [0.29, 0.717) is 24.8 Å². The number of amides is 1. The molecule has 0 bridgehead atoms. The molecule has 0 N–H and O–H groups in total. The number of hydrogen-bond donors (Lipinski definition) is 0. The fraction of sp³-hybridized carbons (Fsp3) is 0.310. The van der Waals surface area contributed by atoms with E-state index in [-0.39, 0.29) is 5.91 Å². The first-order chi connectivity index (χ1) is 17.1. The molecule has 1 aliphatic rings. The van der Waals surface area contributed by atoms with Gasteiger partial charge in [-0.3, -0.25) is 14.7 Å². The Labute approximate surface area is 206 Å². The molecular formula is C29H31N3O3. The monoisotopic (exact) mass is 469 g/mol. The summed E-state index contributed by atoms with van der Waals surface area (Å²) in [5.41, 5.74) is 3.51. The van der Waals surface area contributed by atoms with Gasteiger partial charge in [-0.15, -0.1) is 0 Å². The van der Waals surface area contributed by atoms with Gasteiger partial charge >= 0.3 is 0 Å². The van der Waals surface area contributed by atoms with Crippen molar-refractivity contribution in [2.24, 2.45) is 5.92 Å². The van der Waals surface area contributed by atoms with Crippen molar-refractivity contribution in [2.75, 3.05) is 26.7 Å². The second-order valence-corrected chi connectivity index (χ2v) is 9.40. The highest BCUT2D eigenvalue weighted by Crippen LogP contribution is 2.22. The number of furan rings is 1. The Morgan fingerprint density at radius 2 is 1.97 bits per heavy atom. The molecule has 35 heavy (non-hydrogen) atoms. The smallest absolute Gasteiger partial charge is 0.289 e. The maximum Gasteiger partial charge on any atom is 0.289 e. The van der Waals surface area contributed by atoms with Gasteiger partial charge < -0.3 is 14.1 Å². The summed E-state index contributed by atoms with van der Waals surface area (Å²) in [6.07, 6.45) is 5.41. The van der Waals surface area contributed by atoms with Crippen molar-refractivity contribution in [1.82, 2.24) is 14.8 Å². The van der Waals surface area contributed by atoms with Crippen molar-refractivity contribution >= 4 is 16.8 Å². The second-order valence-electron chi connectivity index (χ2n) is 9.40. The molecule has 3 heterocycles. The third-order valence-electron chi connectivity index (χ3n) is 6.49. The van der Waals surface area contributed by atoms with E-state index in [0.717, 1.165) is 43.7 Å². The van der Waals surface area contributed by atoms with E-state index in [4.69, 9.17) is 9.15 Å². The molecule has 1 saturated heterocycles. The number of hydrogen-bond acceptors (Lipinski definition) is 5. The van der Waals surface area contributed by atoms with Gasteiger partial charge in [-0.25, -0.2) is 0 Å². The van der Waals surface area contributed by atoms with Gasteiger partial charge in [0.1, 0.15) is 5.75 Å². The van der Waals surface area contributed by atoms with Crippen LogP contribution < -0.4 is 4.74 Å². The molecule has 1 fully saturated rings. The van der Waals surface area contributed by atoms with Crippen LogP contribution in [0.25, 0.3) is 10.9 Å². The highest BCUT2D eigenvalue weighted by molar-refractivity contribution is 5.91. The summed E-state index contributed by atoms with van der Waals surface area (Å²) in [4.78, 5) is 21.2. The van der Waals surface area contributed by atoms with Gasteiger partial charge in [-0.2, -0.15) is 0 Å². The number of carbonyl (C=O) groups excluding carboxylic acids is 1. The molecule has 2 aromatic heterocycles. The van der Waals surface area contributed by atoms with Gasteiger partial charge in [0.25, 0.3) is 5.91 Å². The Bertz CT molecular complexity index is 1270. The van der Waals surface area contributed by atoms with Crippen LogP contribution in [0.2, 0.25) is 0 Å². The summed E-state index contributed by atoms with van der Waals surface area (Å²) in [6.45, 7) is 3.76. The number of likely N-dealkylation sites (tertiary alicyclic amines) is 1. The molecule has 0 aliphatic carbocycles. The summed E-state index contributed by atoms with van der Waals surface area (Å²) in [5.74, 6) is 1.56. The number of rotatable bonds is 8. The molecule has 0 unspecified atom stereocenters. The molecule has 0 saturated carbocycles. The lowest BCUT2D eigenvalue weighted by Gasteiger charge is -2.32. The van der Waals surface area contributed by atoms with Crippen molar-refractivity contribution in [3.8, 4) is 5.75 Å². The molecule has 180 valence electrons. The summed E-state index contributed by atoms with van der Waals surface area (Å²) in [7, 11) is 2.13. The summed E-state index contributed by atoms with van der Waals surface area (Å²) in [6, 6.07) is 22.3. The predicted octanol–water partition coefficient (Wildman–Crippen LogP) is 5.39. The standard InChI is InChI=1S/C29H31N3O3/c1-31(19-23-11-12-27-25(16-23)8-3-13-30-27)18-22-6-2-9-26(17-22)35-21-24-7-4-14-32(20-24)29(33)28-10-5-15-34-28/h2-3,5-6,8-13,15-17,24H,4,7,14,18-21H2,1H3/t24-/m0/s1. The largest absolute Gasteiger partial charge is 0.493 e. The number of benzene rings is 2. The van der Waals surface area contributed by atoms with Gasteiger partial charge in [0.05, 0.1) is 18.4 Å². The number of fused-ring (bicyclic) bond motifs is 1. The average Bonchev–Trinajstić information content (AvgIpc) is 3.42. The summed E-state index contributed by atoms with van der Waals surface area (Å²) < 4.78 is 11.5. The molecule has 2 aromatic carbocycles. The lowest BCUT2D eigenvalue weighted by atomic mass is 9.98. The second kappa shape index (κ2) is 10.7. The molecule has 5 rings (SSSR count).